The van der Waals surface area contributed by atoms with Crippen molar-refractivity contribution in [3.05, 3.63) is 11.8 Å². The Bertz CT molecular complexity index is 2230. The molecule has 0 aliphatic carbocycles. The number of hydrogen-bond donors (Lipinski definition) is 16. The summed E-state index contributed by atoms with van der Waals surface area (Å²) in [6.45, 7) is 2.72. The Kier molecular flexibility index (Phi) is 32.9. The van der Waals surface area contributed by atoms with Crippen molar-refractivity contribution in [1.82, 2.24) is 47.4 Å². The molecule has 10 amide bonds. The summed E-state index contributed by atoms with van der Waals surface area (Å²) in [7, 11) is 0. The van der Waals surface area contributed by atoms with E-state index in [4.69, 9.17) is 33.5 Å². The van der Waals surface area contributed by atoms with Gasteiger partial charge >= 0.3 is 11.9 Å². The molecular formula is C51H85ClN12O18. The standard InChI is InChI=1S/C51H85ClN12O18/c1-4-6-7-8-9-10-11-12-13-16-28(66)23-36(68)56-33-26-82-51(81)39(35(67)25-52)62-42(71)29(5-2)57-48(77)40(41(70)50(79)80)63-47(76)38(27(3)65)61-44(73)31(19-22-55)59-46(75)34(17-14-15-20-53)64-37(69)24-32(49(64)78)60-43(72)30(18-21-54)58-45(33)74/h5,27-28,30-35,38-41,65-67,70H,4,6-26,53-55H2,1-3H3,(H,56,68)(H,57,77)(H,58,74)(H,59,75)(H,60,72)(H,61,73)(H,62,71)(H,63,76)(H,79,80)/b29-5+/t27-,28+,30?,31?,32-,33?,34?,35+,38-,39?,40?,41-/m0/s1. The van der Waals surface area contributed by atoms with Gasteiger partial charge in [0.2, 0.25) is 47.3 Å². The van der Waals surface area contributed by atoms with E-state index >= 15 is 0 Å². The van der Waals surface area contributed by atoms with Crippen LogP contribution in [0.3, 0.4) is 0 Å². The molecule has 12 atom stereocenters. The number of nitrogens with one attached hydrogen (secondary N) is 8. The highest BCUT2D eigenvalue weighted by Crippen LogP contribution is 2.22. The predicted molar refractivity (Wildman–Crippen MR) is 291 cm³/mol. The minimum atomic E-state index is -2.79. The second-order valence-electron chi connectivity index (χ2n) is 20.0. The molecule has 30 nitrogen and oxygen atoms in total. The van der Waals surface area contributed by atoms with E-state index in [1.54, 1.807) is 0 Å². The van der Waals surface area contributed by atoms with Gasteiger partial charge in [0.1, 0.15) is 54.6 Å². The molecule has 2 saturated heterocycles. The molecule has 2 aliphatic heterocycles. The van der Waals surface area contributed by atoms with Gasteiger partial charge in [0.15, 0.2) is 12.1 Å². The van der Waals surface area contributed by atoms with Crippen LogP contribution in [-0.4, -0.2) is 206 Å². The maximum absolute atomic E-state index is 14.2. The maximum Gasteiger partial charge on any atom is 0.335 e. The fraction of sp³-hybridized carbons (Fsp3) is 0.725. The van der Waals surface area contributed by atoms with Crippen molar-refractivity contribution >= 4 is 82.6 Å². The third-order valence-corrected chi connectivity index (χ3v) is 13.7. The lowest BCUT2D eigenvalue weighted by atomic mass is 10.0. The third kappa shape index (κ3) is 23.5. The zero-order valence-electron chi connectivity index (χ0n) is 46.7. The quantitative estimate of drug-likeness (QED) is 0.0127. The van der Waals surface area contributed by atoms with Gasteiger partial charge < -0.3 is 90.0 Å². The lowest BCUT2D eigenvalue weighted by molar-refractivity contribution is -0.153. The number of nitrogens with zero attached hydrogens (tertiary/aromatic N) is 1. The van der Waals surface area contributed by atoms with Crippen molar-refractivity contribution < 1.29 is 87.8 Å². The number of allylic oxidation sites excluding steroid dienone is 1. The molecule has 0 aromatic rings. The van der Waals surface area contributed by atoms with Crippen LogP contribution in [0.25, 0.3) is 0 Å². The summed E-state index contributed by atoms with van der Waals surface area (Å²) >= 11 is 5.88. The lowest BCUT2D eigenvalue weighted by Gasteiger charge is -2.30. The molecule has 2 aliphatic rings. The first kappa shape index (κ1) is 71.7. The topological polar surface area (TPSA) is 493 Å². The number of aliphatic hydroxyl groups excluding tert-OH is 4. The fourth-order valence-electron chi connectivity index (χ4n) is 8.76. The maximum atomic E-state index is 14.2. The van der Waals surface area contributed by atoms with E-state index in [1.165, 1.54) is 6.42 Å². The second-order valence-corrected chi connectivity index (χ2v) is 20.3. The molecule has 0 radical (unpaired) electrons. The Morgan fingerprint density at radius 2 is 1.27 bits per heavy atom. The number of carboxylic acid groups (broad SMARTS) is 1. The van der Waals surface area contributed by atoms with Crippen LogP contribution in [0.15, 0.2) is 11.8 Å². The van der Waals surface area contributed by atoms with E-state index < -0.39 is 175 Å². The smallest absolute Gasteiger partial charge is 0.335 e. The Labute approximate surface area is 480 Å². The van der Waals surface area contributed by atoms with E-state index in [-0.39, 0.29) is 58.2 Å². The van der Waals surface area contributed by atoms with Crippen LogP contribution in [0, 0.1) is 0 Å². The monoisotopic (exact) mass is 1190 g/mol. The number of amides is 10. The van der Waals surface area contributed by atoms with E-state index in [2.05, 4.69) is 38.8 Å². The highest BCUT2D eigenvalue weighted by molar-refractivity contribution is 6.18. The summed E-state index contributed by atoms with van der Waals surface area (Å²) in [5.41, 5.74) is 16.5. The van der Waals surface area contributed by atoms with Crippen molar-refractivity contribution in [2.75, 3.05) is 32.1 Å². The summed E-state index contributed by atoms with van der Waals surface area (Å²) in [4.78, 5) is 165. The van der Waals surface area contributed by atoms with E-state index in [0.29, 0.717) is 11.3 Å². The van der Waals surface area contributed by atoms with Gasteiger partial charge in [-0.25, -0.2) is 9.59 Å². The molecule has 19 N–H and O–H groups in total. The normalized spacial score (nSPS) is 25.4. The molecule has 2 bridgehead atoms. The van der Waals surface area contributed by atoms with Crippen LogP contribution in [-0.2, 0) is 62.3 Å². The van der Waals surface area contributed by atoms with Crippen LogP contribution < -0.4 is 59.7 Å². The van der Waals surface area contributed by atoms with Gasteiger partial charge in [0.25, 0.3) is 11.8 Å². The highest BCUT2D eigenvalue weighted by Gasteiger charge is 2.47. The molecule has 2 rings (SSSR count). The van der Waals surface area contributed by atoms with Crippen LogP contribution >= 0.6 is 11.6 Å². The third-order valence-electron chi connectivity index (χ3n) is 13.4. The first-order chi connectivity index (χ1) is 38.9. The van der Waals surface area contributed by atoms with Gasteiger partial charge in [-0.05, 0) is 72.0 Å². The largest absolute Gasteiger partial charge is 0.479 e. The van der Waals surface area contributed by atoms with Gasteiger partial charge in [-0.3, -0.25) is 52.8 Å². The summed E-state index contributed by atoms with van der Waals surface area (Å²) < 4.78 is 5.33. The predicted octanol–water partition coefficient (Wildman–Crippen LogP) is -4.99. The van der Waals surface area contributed by atoms with Crippen molar-refractivity contribution in [2.45, 2.75) is 203 Å². The van der Waals surface area contributed by atoms with Crippen LogP contribution in [0.5, 0.6) is 0 Å². The van der Waals surface area contributed by atoms with E-state index in [9.17, 15) is 83.1 Å². The summed E-state index contributed by atoms with van der Waals surface area (Å²) in [5, 5.41) is 70.3. The van der Waals surface area contributed by atoms with E-state index in [1.807, 2.05) is 10.6 Å². The van der Waals surface area contributed by atoms with Gasteiger partial charge in [0.05, 0.1) is 37.0 Å². The SMILES string of the molecule is C/C=C1/NC(=O)C([C@H](O)C(=O)O)NC(=O)[C@H]([C@H](C)O)NC(=O)C(CCN)NC(=O)C(CCCCN)N2C(=O)C[C@H](NC(=O)C(CCN)NC(=O)C(NC(=O)C[C@H](O)CCCCCCCCCCC)COC(=O)C([C@H](O)CCl)NC1=O)C2=O. The number of carboxylic acids is 1. The number of hydrogen-bond acceptors (Lipinski definition) is 20. The molecule has 464 valence electrons. The molecule has 82 heavy (non-hydrogen) atoms. The number of unbranched alkanes of at least 4 members (excludes halogenated alkanes) is 9. The second kappa shape index (κ2) is 37.6. The molecule has 0 aromatic heterocycles. The number of cyclic esters (lactones) is 1. The Balaban J connectivity index is 2.72. The van der Waals surface area contributed by atoms with Gasteiger partial charge in [-0.1, -0.05) is 70.8 Å². The number of alkyl halides is 1. The molecule has 2 fully saturated rings. The van der Waals surface area contributed by atoms with Crippen LogP contribution in [0.4, 0.5) is 0 Å². The molecule has 2 heterocycles. The number of carbonyl (C=O) groups excluding carboxylic acids is 11. The molecule has 0 spiro atoms. The minimum Gasteiger partial charge on any atom is -0.479 e. The molecule has 6 unspecified atom stereocenters. The van der Waals surface area contributed by atoms with Crippen LogP contribution in [0.2, 0.25) is 0 Å². The first-order valence-electron chi connectivity index (χ1n) is 27.6. The number of imide groups is 1. The van der Waals surface area contributed by atoms with Crippen molar-refractivity contribution in [3.63, 3.8) is 0 Å². The minimum absolute atomic E-state index is 0.119. The van der Waals surface area contributed by atoms with Crippen molar-refractivity contribution in [3.8, 4) is 0 Å². The molecular weight excluding hydrogens is 1100 g/mol. The van der Waals surface area contributed by atoms with Gasteiger partial charge in [-0.2, -0.15) is 0 Å². The average Bonchev–Trinajstić information content (AvgIpc) is 3.94. The number of ether oxygens (including phenoxy) is 1. The average molecular weight is 1190 g/mol. The summed E-state index contributed by atoms with van der Waals surface area (Å²) in [5.74, 6) is -16.5. The van der Waals surface area contributed by atoms with Crippen molar-refractivity contribution in [1.29, 1.82) is 0 Å². The highest BCUT2D eigenvalue weighted by atomic mass is 35.5. The Morgan fingerprint density at radius 1 is 0.695 bits per heavy atom. The number of nitrogens with two attached hydrogens (primary N) is 3. The molecule has 0 aromatic carbocycles. The number of esters is 1. The summed E-state index contributed by atoms with van der Waals surface area (Å²) in [6, 6.07) is -15.3. The van der Waals surface area contributed by atoms with Crippen LogP contribution in [0.1, 0.15) is 130 Å². The van der Waals surface area contributed by atoms with Gasteiger partial charge in [-0.15, -0.1) is 11.6 Å². The fourth-order valence-corrected chi connectivity index (χ4v) is 8.93. The number of aliphatic carboxylic acids is 1. The lowest BCUT2D eigenvalue weighted by Crippen LogP contribution is -2.63. The zero-order valence-corrected chi connectivity index (χ0v) is 47.4. The number of carbonyl (C=O) groups is 12. The Morgan fingerprint density at radius 3 is 1.82 bits per heavy atom. The van der Waals surface area contributed by atoms with E-state index in [0.717, 1.165) is 64.9 Å². The number of rotatable bonds is 26. The number of aliphatic hydroxyl groups is 4. The number of halogens is 1. The Hall–Kier alpha value is -6.41. The van der Waals surface area contributed by atoms with Crippen molar-refractivity contribution in [2.24, 2.45) is 17.2 Å². The molecule has 31 heteroatoms. The zero-order chi connectivity index (χ0) is 61.6. The number of fused-ring (bicyclic) bond motifs is 2. The van der Waals surface area contributed by atoms with Gasteiger partial charge in [0, 0.05) is 0 Å². The first-order valence-corrected chi connectivity index (χ1v) is 28.2. The summed E-state index contributed by atoms with van der Waals surface area (Å²) in [6.07, 6.45) is 0.438. The molecule has 0 saturated carbocycles.